The minimum atomic E-state index is -0.0734. The first-order chi connectivity index (χ1) is 12.6. The number of likely N-dealkylation sites (N-methyl/N-ethyl adjacent to an activating group) is 1. The zero-order chi connectivity index (χ0) is 18.7. The Morgan fingerprint density at radius 2 is 1.88 bits per heavy atom. The predicted octanol–water partition coefficient (Wildman–Crippen LogP) is 3.34. The van der Waals surface area contributed by atoms with Crippen LogP contribution < -0.4 is 15.0 Å². The highest BCUT2D eigenvalue weighted by Crippen LogP contribution is 2.31. The van der Waals surface area contributed by atoms with E-state index in [1.165, 1.54) is 6.42 Å². The Bertz CT molecular complexity index is 890. The number of nitrogens with one attached hydrogen (secondary N) is 1. The van der Waals surface area contributed by atoms with E-state index in [2.05, 4.69) is 16.8 Å². The number of fused-ring (bicyclic) bond motifs is 1. The molecule has 0 saturated carbocycles. The lowest BCUT2D eigenvalue weighted by Gasteiger charge is -2.23. The van der Waals surface area contributed by atoms with Gasteiger partial charge >= 0.3 is 0 Å². The summed E-state index contributed by atoms with van der Waals surface area (Å²) >= 11 is 5.49. The third kappa shape index (κ3) is 3.64. The smallest absolute Gasteiger partial charge is 0.262 e. The van der Waals surface area contributed by atoms with Crippen molar-refractivity contribution >= 4 is 23.1 Å². The van der Waals surface area contributed by atoms with E-state index in [-0.39, 0.29) is 5.56 Å². The third-order valence-electron chi connectivity index (χ3n) is 4.94. The van der Waals surface area contributed by atoms with E-state index >= 15 is 0 Å². The van der Waals surface area contributed by atoms with E-state index in [4.69, 9.17) is 21.7 Å². The SMILES string of the molecule is CCOc1cc2[nH]c(=S)n(C[C@@H]3CCCN3CC)c(=O)c2cc1OCC. The maximum absolute atomic E-state index is 13.1. The number of hydrogen-bond acceptors (Lipinski definition) is 5. The highest BCUT2D eigenvalue weighted by atomic mass is 32.1. The molecule has 1 aliphatic heterocycles. The van der Waals surface area contributed by atoms with Gasteiger partial charge in [-0.25, -0.2) is 0 Å². The molecule has 1 fully saturated rings. The van der Waals surface area contributed by atoms with Gasteiger partial charge in [0.2, 0.25) is 0 Å². The molecule has 0 spiro atoms. The highest BCUT2D eigenvalue weighted by molar-refractivity contribution is 7.71. The van der Waals surface area contributed by atoms with E-state index < -0.39 is 0 Å². The molecule has 2 aromatic rings. The van der Waals surface area contributed by atoms with Gasteiger partial charge in [0.25, 0.3) is 5.56 Å². The number of benzene rings is 1. The van der Waals surface area contributed by atoms with Crippen LogP contribution in [0.5, 0.6) is 11.5 Å². The van der Waals surface area contributed by atoms with Gasteiger partial charge in [-0.3, -0.25) is 14.3 Å². The lowest BCUT2D eigenvalue weighted by atomic mass is 10.2. The summed E-state index contributed by atoms with van der Waals surface area (Å²) in [4.78, 5) is 18.7. The van der Waals surface area contributed by atoms with E-state index in [1.807, 2.05) is 13.8 Å². The zero-order valence-corrected chi connectivity index (χ0v) is 16.5. The summed E-state index contributed by atoms with van der Waals surface area (Å²) in [6, 6.07) is 3.93. The van der Waals surface area contributed by atoms with Crippen molar-refractivity contribution in [1.82, 2.24) is 14.5 Å². The zero-order valence-electron chi connectivity index (χ0n) is 15.7. The Labute approximate surface area is 158 Å². The van der Waals surface area contributed by atoms with Crippen molar-refractivity contribution in [1.29, 1.82) is 0 Å². The first-order valence-electron chi connectivity index (χ1n) is 9.39. The number of H-pyrrole nitrogens is 1. The summed E-state index contributed by atoms with van der Waals surface area (Å²) in [6.07, 6.45) is 2.27. The Hall–Kier alpha value is -1.86. The van der Waals surface area contributed by atoms with Gasteiger partial charge in [0.15, 0.2) is 16.3 Å². The average molecular weight is 378 g/mol. The van der Waals surface area contributed by atoms with E-state index in [9.17, 15) is 4.79 Å². The molecule has 26 heavy (non-hydrogen) atoms. The van der Waals surface area contributed by atoms with Crippen molar-refractivity contribution in [2.45, 2.75) is 46.2 Å². The topological polar surface area (TPSA) is 59.5 Å². The molecule has 7 heteroatoms. The molecular formula is C19H27N3O3S. The Balaban J connectivity index is 2.07. The monoisotopic (exact) mass is 377 g/mol. The predicted molar refractivity (Wildman–Crippen MR) is 106 cm³/mol. The number of nitrogens with zero attached hydrogens (tertiary/aromatic N) is 2. The molecule has 1 aromatic carbocycles. The van der Waals surface area contributed by atoms with Crippen molar-refractivity contribution in [3.8, 4) is 11.5 Å². The number of rotatable bonds is 7. The molecule has 1 saturated heterocycles. The molecule has 1 aromatic heterocycles. The van der Waals surface area contributed by atoms with Gasteiger partial charge in [0.1, 0.15) is 0 Å². The molecule has 6 nitrogen and oxygen atoms in total. The Morgan fingerprint density at radius 1 is 1.19 bits per heavy atom. The molecule has 1 N–H and O–H groups in total. The van der Waals surface area contributed by atoms with Gasteiger partial charge in [-0.2, -0.15) is 0 Å². The fourth-order valence-electron chi connectivity index (χ4n) is 3.69. The van der Waals surface area contributed by atoms with Gasteiger partial charge in [0, 0.05) is 18.7 Å². The van der Waals surface area contributed by atoms with Gasteiger partial charge < -0.3 is 14.5 Å². The van der Waals surface area contributed by atoms with Crippen LogP contribution in [0.1, 0.15) is 33.6 Å². The van der Waals surface area contributed by atoms with Crippen molar-refractivity contribution in [2.75, 3.05) is 26.3 Å². The second-order valence-electron chi connectivity index (χ2n) is 6.48. The highest BCUT2D eigenvalue weighted by Gasteiger charge is 2.24. The largest absolute Gasteiger partial charge is 0.490 e. The number of likely N-dealkylation sites (tertiary alicyclic amines) is 1. The molecule has 142 valence electrons. The van der Waals surface area contributed by atoms with Crippen LogP contribution in [-0.4, -0.2) is 46.8 Å². The second kappa shape index (κ2) is 8.22. The fourth-order valence-corrected chi connectivity index (χ4v) is 3.96. The standard InChI is InChI=1S/C19H27N3O3S/c1-4-21-9-7-8-13(21)12-22-18(23)14-10-16(24-5-2)17(25-6-3)11-15(14)20-19(22)26/h10-11,13H,4-9,12H2,1-3H3,(H,20,26)/t13-/m0/s1. The average Bonchev–Trinajstić information content (AvgIpc) is 3.07. The lowest BCUT2D eigenvalue weighted by molar-refractivity contribution is 0.241. The van der Waals surface area contributed by atoms with E-state index in [0.717, 1.165) is 19.5 Å². The first-order valence-corrected chi connectivity index (χ1v) is 9.80. The van der Waals surface area contributed by atoms with Crippen LogP contribution in [0.2, 0.25) is 0 Å². The van der Waals surface area contributed by atoms with Crippen LogP contribution >= 0.6 is 12.2 Å². The van der Waals surface area contributed by atoms with E-state index in [0.29, 0.717) is 53.0 Å². The molecule has 0 bridgehead atoms. The number of aromatic nitrogens is 2. The van der Waals surface area contributed by atoms with Gasteiger partial charge in [0.05, 0.1) is 24.1 Å². The normalized spacial score (nSPS) is 17.7. The fraction of sp³-hybridized carbons (Fsp3) is 0.579. The molecule has 0 aliphatic carbocycles. The summed E-state index contributed by atoms with van der Waals surface area (Å²) in [6.45, 7) is 9.73. The molecule has 1 aliphatic rings. The van der Waals surface area contributed by atoms with Crippen molar-refractivity contribution in [3.05, 3.63) is 27.3 Å². The van der Waals surface area contributed by atoms with Crippen LogP contribution in [-0.2, 0) is 6.54 Å². The summed E-state index contributed by atoms with van der Waals surface area (Å²) in [7, 11) is 0. The second-order valence-corrected chi connectivity index (χ2v) is 6.87. The van der Waals surface area contributed by atoms with Crippen molar-refractivity contribution in [2.24, 2.45) is 0 Å². The van der Waals surface area contributed by atoms with Crippen molar-refractivity contribution < 1.29 is 9.47 Å². The molecule has 1 atom stereocenters. The van der Waals surface area contributed by atoms with Crippen LogP contribution in [0.3, 0.4) is 0 Å². The molecular weight excluding hydrogens is 350 g/mol. The maximum Gasteiger partial charge on any atom is 0.262 e. The van der Waals surface area contributed by atoms with Gasteiger partial charge in [-0.15, -0.1) is 0 Å². The molecule has 0 unspecified atom stereocenters. The molecule has 0 radical (unpaired) electrons. The first kappa shape index (κ1) is 18.9. The lowest BCUT2D eigenvalue weighted by Crippen LogP contribution is -2.36. The van der Waals surface area contributed by atoms with Crippen LogP contribution in [0.25, 0.3) is 10.9 Å². The maximum atomic E-state index is 13.1. The van der Waals surface area contributed by atoms with E-state index in [1.54, 1.807) is 16.7 Å². The van der Waals surface area contributed by atoms with Crippen LogP contribution in [0.4, 0.5) is 0 Å². The third-order valence-corrected chi connectivity index (χ3v) is 5.27. The van der Waals surface area contributed by atoms with Gasteiger partial charge in [-0.1, -0.05) is 6.92 Å². The number of hydrogen-bond donors (Lipinski definition) is 1. The quantitative estimate of drug-likeness (QED) is 0.750. The number of ether oxygens (including phenoxy) is 2. The minimum Gasteiger partial charge on any atom is -0.490 e. The molecule has 3 rings (SSSR count). The van der Waals surface area contributed by atoms with Crippen LogP contribution in [0, 0.1) is 4.77 Å². The number of aromatic amines is 1. The molecule has 2 heterocycles. The molecule has 0 amide bonds. The summed E-state index contributed by atoms with van der Waals surface area (Å²) in [5.41, 5.74) is 0.609. The summed E-state index contributed by atoms with van der Waals surface area (Å²) in [5, 5.41) is 0.576. The summed E-state index contributed by atoms with van der Waals surface area (Å²) in [5.74, 6) is 1.21. The minimum absolute atomic E-state index is 0.0734. The Morgan fingerprint density at radius 3 is 2.54 bits per heavy atom. The van der Waals surface area contributed by atoms with Crippen molar-refractivity contribution in [3.63, 3.8) is 0 Å². The van der Waals surface area contributed by atoms with Gasteiger partial charge in [-0.05, 0) is 58.1 Å². The Kier molecular flexibility index (Phi) is 5.98. The van der Waals surface area contributed by atoms with Crippen LogP contribution in [0.15, 0.2) is 16.9 Å². The summed E-state index contributed by atoms with van der Waals surface area (Å²) < 4.78 is 13.5.